The van der Waals surface area contributed by atoms with E-state index in [1.165, 1.54) is 28.6 Å². The van der Waals surface area contributed by atoms with Gasteiger partial charge in [0.1, 0.15) is 0 Å². The fourth-order valence-electron chi connectivity index (χ4n) is 2.58. The van der Waals surface area contributed by atoms with Crippen molar-refractivity contribution in [3.8, 4) is 0 Å². The molecule has 5 nitrogen and oxygen atoms in total. The second kappa shape index (κ2) is 9.55. The molecule has 0 bridgehead atoms. The maximum atomic E-state index is 12.8. The molecule has 1 N–H and O–H groups in total. The van der Waals surface area contributed by atoms with E-state index in [2.05, 4.69) is 5.32 Å². The lowest BCUT2D eigenvalue weighted by molar-refractivity contribution is 0.102. The van der Waals surface area contributed by atoms with Crippen LogP contribution < -0.4 is 5.32 Å². The molecule has 0 aliphatic carbocycles. The molecule has 0 unspecified atom stereocenters. The zero-order valence-electron chi connectivity index (χ0n) is 15.2. The molecule has 0 heterocycles. The van der Waals surface area contributed by atoms with Crippen LogP contribution in [0.2, 0.25) is 10.0 Å². The Morgan fingerprint density at radius 2 is 1.59 bits per heavy atom. The first-order chi connectivity index (χ1) is 12.8. The monoisotopic (exact) mass is 428 g/mol. The zero-order valence-corrected chi connectivity index (χ0v) is 17.5. The number of anilines is 1. The quantitative estimate of drug-likeness (QED) is 0.638. The molecule has 0 aliphatic rings. The average Bonchev–Trinajstić information content (AvgIpc) is 2.62. The minimum absolute atomic E-state index is 0.201. The van der Waals surface area contributed by atoms with Gasteiger partial charge in [-0.2, -0.15) is 4.31 Å². The molecule has 0 aliphatic heterocycles. The van der Waals surface area contributed by atoms with Crippen molar-refractivity contribution in [3.05, 3.63) is 58.1 Å². The van der Waals surface area contributed by atoms with Crippen molar-refractivity contribution < 1.29 is 13.2 Å². The lowest BCUT2D eigenvalue weighted by atomic mass is 10.2. The smallest absolute Gasteiger partial charge is 0.257 e. The van der Waals surface area contributed by atoms with Crippen LogP contribution in [0.5, 0.6) is 0 Å². The molecule has 0 radical (unpaired) electrons. The fraction of sp³-hybridized carbons (Fsp3) is 0.316. The van der Waals surface area contributed by atoms with Gasteiger partial charge in [-0.3, -0.25) is 4.79 Å². The first-order valence-electron chi connectivity index (χ1n) is 8.66. The first-order valence-corrected chi connectivity index (χ1v) is 10.9. The molecule has 2 aromatic carbocycles. The number of hydrogen-bond acceptors (Lipinski definition) is 3. The van der Waals surface area contributed by atoms with Gasteiger partial charge in [-0.1, -0.05) is 37.0 Å². The Morgan fingerprint density at radius 3 is 2.11 bits per heavy atom. The largest absolute Gasteiger partial charge is 0.322 e. The molecule has 2 aromatic rings. The van der Waals surface area contributed by atoms with Gasteiger partial charge in [0, 0.05) is 23.8 Å². The van der Waals surface area contributed by atoms with E-state index >= 15 is 0 Å². The minimum Gasteiger partial charge on any atom is -0.322 e. The molecule has 0 fully saturated rings. The first kappa shape index (κ1) is 21.7. The number of nitrogens with one attached hydrogen (secondary N) is 1. The van der Waals surface area contributed by atoms with Gasteiger partial charge in [0.25, 0.3) is 5.91 Å². The normalized spacial score (nSPS) is 11.6. The molecule has 0 saturated heterocycles. The van der Waals surface area contributed by atoms with Crippen LogP contribution in [0.15, 0.2) is 47.4 Å². The van der Waals surface area contributed by atoms with Crippen LogP contribution in [-0.2, 0) is 10.0 Å². The highest BCUT2D eigenvalue weighted by Gasteiger charge is 2.23. The summed E-state index contributed by atoms with van der Waals surface area (Å²) in [7, 11) is -3.55. The summed E-state index contributed by atoms with van der Waals surface area (Å²) in [5, 5.41) is 3.39. The van der Waals surface area contributed by atoms with Crippen molar-refractivity contribution in [1.29, 1.82) is 0 Å². The summed E-state index contributed by atoms with van der Waals surface area (Å²) in [4.78, 5) is 12.5. The maximum absolute atomic E-state index is 12.8. The third-order valence-corrected chi connectivity index (χ3v) is 6.33. The Morgan fingerprint density at radius 1 is 1.00 bits per heavy atom. The van der Waals surface area contributed by atoms with E-state index in [4.69, 9.17) is 23.2 Å². The van der Waals surface area contributed by atoms with E-state index in [9.17, 15) is 13.2 Å². The fourth-order valence-corrected chi connectivity index (χ4v) is 4.70. The summed E-state index contributed by atoms with van der Waals surface area (Å²) >= 11 is 11.9. The molecular formula is C19H22Cl2N2O3S. The molecule has 0 aromatic heterocycles. The third-order valence-electron chi connectivity index (χ3n) is 3.87. The van der Waals surface area contributed by atoms with Gasteiger partial charge in [0.2, 0.25) is 10.0 Å². The SMILES string of the molecule is CCCN(CCC)S(=O)(=O)c1ccc(NC(=O)c2ccc(Cl)cc2Cl)cc1. The number of hydrogen-bond donors (Lipinski definition) is 1. The number of halogens is 2. The lowest BCUT2D eigenvalue weighted by Crippen LogP contribution is -2.32. The van der Waals surface area contributed by atoms with Crippen molar-refractivity contribution in [2.75, 3.05) is 18.4 Å². The lowest BCUT2D eigenvalue weighted by Gasteiger charge is -2.21. The highest BCUT2D eigenvalue weighted by Crippen LogP contribution is 2.23. The molecule has 2 rings (SSSR count). The predicted octanol–water partition coefficient (Wildman–Crippen LogP) is 5.06. The van der Waals surface area contributed by atoms with Gasteiger partial charge in [0.05, 0.1) is 15.5 Å². The van der Waals surface area contributed by atoms with Gasteiger partial charge < -0.3 is 5.32 Å². The number of benzene rings is 2. The van der Waals surface area contributed by atoms with Crippen LogP contribution in [0.4, 0.5) is 5.69 Å². The Balaban J connectivity index is 2.18. The van der Waals surface area contributed by atoms with Crippen LogP contribution in [0, 0.1) is 0 Å². The topological polar surface area (TPSA) is 66.5 Å². The Kier molecular flexibility index (Phi) is 7.68. The number of sulfonamides is 1. The second-order valence-corrected chi connectivity index (χ2v) is 8.79. The minimum atomic E-state index is -3.55. The molecule has 8 heteroatoms. The van der Waals surface area contributed by atoms with E-state index in [-0.39, 0.29) is 15.5 Å². The molecule has 0 saturated carbocycles. The number of nitrogens with zero attached hydrogens (tertiary/aromatic N) is 1. The van der Waals surface area contributed by atoms with Crippen molar-refractivity contribution >= 4 is 44.8 Å². The molecule has 1 amide bonds. The molecular weight excluding hydrogens is 407 g/mol. The Hall–Kier alpha value is -1.60. The number of carbonyl (C=O) groups is 1. The van der Waals surface area contributed by atoms with Crippen LogP contribution in [0.1, 0.15) is 37.0 Å². The Bertz CT molecular complexity index is 894. The predicted molar refractivity (Wildman–Crippen MR) is 110 cm³/mol. The van der Waals surface area contributed by atoms with Crippen molar-refractivity contribution in [1.82, 2.24) is 4.31 Å². The number of amides is 1. The van der Waals surface area contributed by atoms with Gasteiger partial charge in [0.15, 0.2) is 0 Å². The average molecular weight is 429 g/mol. The summed E-state index contributed by atoms with van der Waals surface area (Å²) in [6, 6.07) is 10.7. The van der Waals surface area contributed by atoms with Crippen molar-refractivity contribution in [2.24, 2.45) is 0 Å². The molecule has 0 atom stereocenters. The molecule has 0 spiro atoms. The molecule has 146 valence electrons. The summed E-state index contributed by atoms with van der Waals surface area (Å²) in [5.74, 6) is -0.397. The van der Waals surface area contributed by atoms with Crippen LogP contribution in [-0.4, -0.2) is 31.7 Å². The zero-order chi connectivity index (χ0) is 20.0. The highest BCUT2D eigenvalue weighted by atomic mass is 35.5. The standard InChI is InChI=1S/C19H22Cl2N2O3S/c1-3-11-23(12-4-2)27(25,26)16-8-6-15(7-9-16)22-19(24)17-10-5-14(20)13-18(17)21/h5-10,13H,3-4,11-12H2,1-2H3,(H,22,24). The van der Waals surface area contributed by atoms with E-state index in [1.54, 1.807) is 18.2 Å². The van der Waals surface area contributed by atoms with E-state index in [0.29, 0.717) is 23.8 Å². The van der Waals surface area contributed by atoms with Gasteiger partial charge in [-0.15, -0.1) is 0 Å². The van der Waals surface area contributed by atoms with Crippen molar-refractivity contribution in [2.45, 2.75) is 31.6 Å². The number of rotatable bonds is 8. The van der Waals surface area contributed by atoms with E-state index < -0.39 is 15.9 Å². The maximum Gasteiger partial charge on any atom is 0.257 e. The summed E-state index contributed by atoms with van der Waals surface area (Å²) in [5.41, 5.74) is 0.761. The summed E-state index contributed by atoms with van der Waals surface area (Å²) in [6.45, 7) is 4.84. The highest BCUT2D eigenvalue weighted by molar-refractivity contribution is 7.89. The van der Waals surface area contributed by atoms with E-state index in [0.717, 1.165) is 12.8 Å². The van der Waals surface area contributed by atoms with Crippen LogP contribution in [0.3, 0.4) is 0 Å². The van der Waals surface area contributed by atoms with Gasteiger partial charge in [-0.05, 0) is 55.3 Å². The van der Waals surface area contributed by atoms with Gasteiger partial charge >= 0.3 is 0 Å². The Labute approximate surface area is 170 Å². The van der Waals surface area contributed by atoms with Crippen molar-refractivity contribution in [3.63, 3.8) is 0 Å². The van der Waals surface area contributed by atoms with Crippen LogP contribution >= 0.6 is 23.2 Å². The summed E-state index contributed by atoms with van der Waals surface area (Å²) in [6.07, 6.45) is 1.49. The molecule has 27 heavy (non-hydrogen) atoms. The number of carbonyl (C=O) groups excluding carboxylic acids is 1. The second-order valence-electron chi connectivity index (χ2n) is 6.01. The van der Waals surface area contributed by atoms with Crippen LogP contribution in [0.25, 0.3) is 0 Å². The van der Waals surface area contributed by atoms with E-state index in [1.807, 2.05) is 13.8 Å². The third kappa shape index (κ3) is 5.45. The summed E-state index contributed by atoms with van der Waals surface area (Å²) < 4.78 is 27.0. The van der Waals surface area contributed by atoms with Gasteiger partial charge in [-0.25, -0.2) is 8.42 Å².